The van der Waals surface area contributed by atoms with Crippen LogP contribution in [0.1, 0.15) is 41.4 Å². The predicted molar refractivity (Wildman–Crippen MR) is 154 cm³/mol. The van der Waals surface area contributed by atoms with Gasteiger partial charge in [0.2, 0.25) is 5.91 Å². The zero-order chi connectivity index (χ0) is 28.2. The second kappa shape index (κ2) is 7.86. The molecule has 2 aliphatic rings. The van der Waals surface area contributed by atoms with Crippen molar-refractivity contribution in [1.29, 1.82) is 0 Å². The highest BCUT2D eigenvalue weighted by molar-refractivity contribution is 6.41. The van der Waals surface area contributed by atoms with Crippen molar-refractivity contribution >= 4 is 84.0 Å². The highest BCUT2D eigenvalue weighted by Gasteiger charge is 2.36. The number of fused-ring (bicyclic) bond motifs is 2. The molecule has 41 heavy (non-hydrogen) atoms. The molecule has 0 radical (unpaired) electrons. The number of carbonyl (C=O) groups excluding carboxylic acids is 5. The molecule has 2 aliphatic heterocycles. The Bertz CT molecular complexity index is 2120. The highest BCUT2D eigenvalue weighted by atomic mass is 16.2. The minimum absolute atomic E-state index is 0.323. The number of carbonyl (C=O) groups is 5. The molecule has 196 valence electrons. The lowest BCUT2D eigenvalue weighted by Gasteiger charge is -2.28. The van der Waals surface area contributed by atoms with Crippen LogP contribution in [0.5, 0.6) is 0 Å². The molecule has 0 saturated carbocycles. The Morgan fingerprint density at radius 2 is 1.05 bits per heavy atom. The first-order valence-corrected chi connectivity index (χ1v) is 12.9. The summed E-state index contributed by atoms with van der Waals surface area (Å²) in [5.74, 6) is -2.52. The van der Waals surface area contributed by atoms with Crippen molar-refractivity contribution < 1.29 is 24.0 Å². The van der Waals surface area contributed by atoms with Crippen LogP contribution in [0.15, 0.2) is 72.8 Å². The monoisotopic (exact) mass is 538 g/mol. The summed E-state index contributed by atoms with van der Waals surface area (Å²) in [5, 5.41) is 11.0. The summed E-state index contributed by atoms with van der Waals surface area (Å²) in [6.07, 6.45) is 0. The number of hydrogen-bond acceptors (Lipinski definition) is 6. The van der Waals surface area contributed by atoms with E-state index in [1.165, 1.54) is 0 Å². The fraction of sp³-hybridized carbons (Fsp3) is 0.0312. The summed E-state index contributed by atoms with van der Waals surface area (Å²) in [5.41, 5.74) is 8.24. The van der Waals surface area contributed by atoms with Gasteiger partial charge in [0.05, 0.1) is 0 Å². The van der Waals surface area contributed by atoms with E-state index in [0.717, 1.165) is 37.2 Å². The summed E-state index contributed by atoms with van der Waals surface area (Å²) >= 11 is 0. The molecule has 0 saturated heterocycles. The van der Waals surface area contributed by atoms with E-state index in [1.807, 2.05) is 24.3 Å². The van der Waals surface area contributed by atoms with Crippen molar-refractivity contribution in [3.8, 4) is 0 Å². The van der Waals surface area contributed by atoms with E-state index in [4.69, 9.17) is 5.73 Å². The maximum atomic E-state index is 13.6. The van der Waals surface area contributed by atoms with Gasteiger partial charge in [-0.25, -0.2) is 0 Å². The van der Waals surface area contributed by atoms with Crippen molar-refractivity contribution in [3.63, 3.8) is 0 Å². The Labute approximate surface area is 230 Å². The Hall–Kier alpha value is -5.83. The summed E-state index contributed by atoms with van der Waals surface area (Å²) < 4.78 is 0. The van der Waals surface area contributed by atoms with Crippen molar-refractivity contribution in [2.24, 2.45) is 0 Å². The van der Waals surface area contributed by atoms with Gasteiger partial charge in [-0.15, -0.1) is 0 Å². The molecule has 8 rings (SSSR count). The molecule has 0 spiro atoms. The van der Waals surface area contributed by atoms with E-state index in [2.05, 4.69) is 10.6 Å². The number of nitrogens with zero attached hydrogens (tertiary/aromatic N) is 1. The van der Waals surface area contributed by atoms with Crippen LogP contribution in [0.2, 0.25) is 0 Å². The van der Waals surface area contributed by atoms with E-state index in [1.54, 1.807) is 48.5 Å². The van der Waals surface area contributed by atoms with Crippen molar-refractivity contribution in [1.82, 2.24) is 10.2 Å². The summed E-state index contributed by atoms with van der Waals surface area (Å²) in [7, 11) is 0. The Morgan fingerprint density at radius 1 is 0.610 bits per heavy atom. The quantitative estimate of drug-likeness (QED) is 0.132. The minimum atomic E-state index is -0.558. The standard InChI is InChI=1S/C32H18N4O5/c33-14-1-3-15(4-2-14)34-24(37)13-36-31(40)22-11-7-18-16-5-9-20-27-21(30(39)35-29(20)38)10-6-17(25(16)27)19-8-12-23(32(36)41)28(22)26(18)19/h1-12H,13,33H2,(H,34,37)(H,35,38,39). The number of benzene rings is 6. The molecule has 0 aromatic heterocycles. The van der Waals surface area contributed by atoms with Gasteiger partial charge in [-0.1, -0.05) is 24.3 Å². The van der Waals surface area contributed by atoms with Gasteiger partial charge in [0, 0.05) is 44.4 Å². The van der Waals surface area contributed by atoms with Gasteiger partial charge in [0.15, 0.2) is 0 Å². The Balaban J connectivity index is 1.30. The topological polar surface area (TPSA) is 139 Å². The number of nitrogens with two attached hydrogens (primary N) is 1. The molecular formula is C32H18N4O5. The Kier molecular flexibility index (Phi) is 4.43. The molecule has 6 aromatic rings. The third kappa shape index (κ3) is 3.02. The summed E-state index contributed by atoms with van der Waals surface area (Å²) in [6.45, 7) is -0.448. The van der Waals surface area contributed by atoms with Gasteiger partial charge < -0.3 is 11.1 Å². The van der Waals surface area contributed by atoms with E-state index >= 15 is 0 Å². The molecule has 9 nitrogen and oxygen atoms in total. The lowest BCUT2D eigenvalue weighted by Crippen LogP contribution is -2.44. The van der Waals surface area contributed by atoms with Crippen molar-refractivity contribution in [2.45, 2.75) is 0 Å². The van der Waals surface area contributed by atoms with Crippen molar-refractivity contribution in [3.05, 3.63) is 95.1 Å². The van der Waals surface area contributed by atoms with Gasteiger partial charge in [0.25, 0.3) is 23.6 Å². The molecule has 9 heteroatoms. The smallest absolute Gasteiger partial charge is 0.261 e. The number of hydrogen-bond donors (Lipinski definition) is 3. The lowest BCUT2D eigenvalue weighted by molar-refractivity contribution is -0.116. The number of nitrogen functional groups attached to an aromatic ring is 1. The number of nitrogens with one attached hydrogen (secondary N) is 2. The van der Waals surface area contributed by atoms with Crippen LogP contribution in [-0.2, 0) is 4.79 Å². The number of rotatable bonds is 3. The van der Waals surface area contributed by atoms with Crippen molar-refractivity contribution in [2.75, 3.05) is 17.6 Å². The predicted octanol–water partition coefficient (Wildman–Crippen LogP) is 4.44. The SMILES string of the molecule is Nc1ccc(NC(=O)CN2C(=O)c3ccc4c5ccc6c7c(ccc(c8ccc(c3c48)C2=O)c75)C(=O)NC6=O)cc1. The fourth-order valence-electron chi connectivity index (χ4n) is 6.30. The van der Waals surface area contributed by atoms with E-state index in [-0.39, 0.29) is 0 Å². The van der Waals surface area contributed by atoms with Crippen LogP contribution in [0.25, 0.3) is 43.1 Å². The third-order valence-electron chi connectivity index (χ3n) is 8.07. The zero-order valence-electron chi connectivity index (χ0n) is 21.2. The summed E-state index contributed by atoms with van der Waals surface area (Å²) in [4.78, 5) is 66.3. The first kappa shape index (κ1) is 23.1. The zero-order valence-corrected chi connectivity index (χ0v) is 21.2. The first-order chi connectivity index (χ1) is 19.8. The molecule has 0 aliphatic carbocycles. The lowest BCUT2D eigenvalue weighted by atomic mass is 9.82. The van der Waals surface area contributed by atoms with Crippen LogP contribution in [0, 0.1) is 0 Å². The summed E-state index contributed by atoms with van der Waals surface area (Å²) in [6, 6.07) is 20.6. The largest absolute Gasteiger partial charge is 0.399 e. The molecule has 2 heterocycles. The van der Waals surface area contributed by atoms with Gasteiger partial charge in [0.1, 0.15) is 6.54 Å². The molecule has 4 N–H and O–H groups in total. The molecule has 0 fully saturated rings. The second-order valence-corrected chi connectivity index (χ2v) is 10.3. The van der Waals surface area contributed by atoms with Crippen LogP contribution in [-0.4, -0.2) is 41.0 Å². The van der Waals surface area contributed by atoms with Gasteiger partial charge in [-0.2, -0.15) is 0 Å². The number of anilines is 2. The molecule has 5 amide bonds. The van der Waals surface area contributed by atoms with Crippen LogP contribution in [0.4, 0.5) is 11.4 Å². The van der Waals surface area contributed by atoms with Gasteiger partial charge in [-0.05, 0) is 80.8 Å². The average Bonchev–Trinajstić information content (AvgIpc) is 2.97. The second-order valence-electron chi connectivity index (χ2n) is 10.3. The highest BCUT2D eigenvalue weighted by Crippen LogP contribution is 2.45. The van der Waals surface area contributed by atoms with E-state index in [0.29, 0.717) is 44.4 Å². The molecular weight excluding hydrogens is 520 g/mol. The third-order valence-corrected chi connectivity index (χ3v) is 8.07. The molecule has 0 bridgehead atoms. The number of amides is 5. The first-order valence-electron chi connectivity index (χ1n) is 12.9. The van der Waals surface area contributed by atoms with E-state index in [9.17, 15) is 24.0 Å². The molecule has 0 atom stereocenters. The number of imide groups is 2. The Morgan fingerprint density at radius 3 is 1.54 bits per heavy atom. The normalized spacial score (nSPS) is 14.5. The van der Waals surface area contributed by atoms with Crippen LogP contribution in [0.3, 0.4) is 0 Å². The fourth-order valence-corrected chi connectivity index (χ4v) is 6.30. The maximum Gasteiger partial charge on any atom is 0.261 e. The van der Waals surface area contributed by atoms with Gasteiger partial charge >= 0.3 is 0 Å². The van der Waals surface area contributed by atoms with Crippen LogP contribution < -0.4 is 16.4 Å². The molecule has 0 unspecified atom stereocenters. The van der Waals surface area contributed by atoms with Gasteiger partial charge in [-0.3, -0.25) is 34.2 Å². The molecule has 6 aromatic carbocycles. The van der Waals surface area contributed by atoms with E-state index < -0.39 is 36.1 Å². The average molecular weight is 539 g/mol. The minimum Gasteiger partial charge on any atom is -0.399 e. The maximum absolute atomic E-state index is 13.6. The van der Waals surface area contributed by atoms with Crippen LogP contribution >= 0.6 is 0 Å².